The zero-order chi connectivity index (χ0) is 36.4. The van der Waals surface area contributed by atoms with Crippen molar-refractivity contribution in [2.24, 2.45) is 0 Å². The topological polar surface area (TPSA) is 0 Å². The van der Waals surface area contributed by atoms with Gasteiger partial charge in [-0.15, -0.1) is 23.1 Å². The molecule has 0 fully saturated rings. The molecule has 0 spiro atoms. The van der Waals surface area contributed by atoms with Crippen LogP contribution in [0.5, 0.6) is 0 Å². The first-order valence-electron chi connectivity index (χ1n) is 17.6. The fraction of sp³-hybridized carbons (Fsp3) is 0.383. The second-order valence-corrected chi connectivity index (χ2v) is 19.1. The van der Waals surface area contributed by atoms with Crippen molar-refractivity contribution in [1.29, 1.82) is 0 Å². The summed E-state index contributed by atoms with van der Waals surface area (Å²) in [6, 6.07) is 29.8. The molecule has 4 aromatic rings. The molecule has 0 atom stereocenters. The van der Waals surface area contributed by atoms with Gasteiger partial charge in [0.25, 0.3) is 0 Å². The summed E-state index contributed by atoms with van der Waals surface area (Å²) < 4.78 is 1.34. The molecule has 4 heteroatoms. The van der Waals surface area contributed by atoms with Gasteiger partial charge in [0, 0.05) is 0 Å². The van der Waals surface area contributed by atoms with E-state index in [9.17, 15) is 0 Å². The van der Waals surface area contributed by atoms with Gasteiger partial charge in [0.1, 0.15) is 0 Å². The summed E-state index contributed by atoms with van der Waals surface area (Å²) in [5, 5.41) is 0.795. The Morgan fingerprint density at radius 1 is 0.627 bits per heavy atom. The van der Waals surface area contributed by atoms with E-state index in [1.165, 1.54) is 83.1 Å². The summed E-state index contributed by atoms with van der Waals surface area (Å²) in [6.45, 7) is 28.0. The standard InChI is InChI=1S/C29H41.C13H9Cl.C5H5.2ClH.Zr/c1-26(2,3)22-14-18-13-19-15-23(27(4,5)6)25(29(10,11)12)17-21(19)20(18)16-24(22)28(7,8)9;14-13-8-4-7-12(10-13)9-11-5-2-1-3-6-11;1-2-4-5-3-1;;;/h14,16-17H,13H2,1-12H3;1-8,10H;1-3H,4H2;2*1H;/q-1;;-1;;;+2/p-2. The first kappa shape index (κ1) is 45.1. The third-order valence-electron chi connectivity index (χ3n) is 9.00. The van der Waals surface area contributed by atoms with Gasteiger partial charge in [0.15, 0.2) is 0 Å². The average molecular weight is 818 g/mol. The number of halogens is 3. The number of rotatable bonds is 2. The molecule has 2 aliphatic carbocycles. The van der Waals surface area contributed by atoms with Crippen molar-refractivity contribution in [3.63, 3.8) is 0 Å². The summed E-state index contributed by atoms with van der Waals surface area (Å²) in [5.74, 6) is 0. The number of allylic oxidation sites excluding steroid dienone is 4. The van der Waals surface area contributed by atoms with Crippen LogP contribution in [-0.2, 0) is 52.3 Å². The Hall–Kier alpha value is -2.02. The molecule has 0 N–H and O–H groups in total. The molecule has 0 aromatic heterocycles. The van der Waals surface area contributed by atoms with Gasteiger partial charge in [0.05, 0.1) is 0 Å². The number of hydrogen-bond donors (Lipinski definition) is 0. The van der Waals surface area contributed by atoms with Gasteiger partial charge in [-0.2, -0.15) is 23.8 Å². The quantitative estimate of drug-likeness (QED) is 0.168. The van der Waals surface area contributed by atoms with Crippen LogP contribution in [0.2, 0.25) is 5.02 Å². The van der Waals surface area contributed by atoms with Gasteiger partial charge in [-0.3, -0.25) is 6.08 Å². The van der Waals surface area contributed by atoms with Crippen molar-refractivity contribution in [2.45, 2.75) is 118 Å². The third-order valence-corrected chi connectivity index (χ3v) is 10.6. The van der Waals surface area contributed by atoms with E-state index in [4.69, 9.17) is 11.6 Å². The van der Waals surface area contributed by atoms with Crippen LogP contribution in [0.15, 0.2) is 91.0 Å². The van der Waals surface area contributed by atoms with Crippen LogP contribution < -0.4 is 24.8 Å². The molecule has 0 saturated carbocycles. The number of hydrogen-bond acceptors (Lipinski definition) is 0. The molecule has 51 heavy (non-hydrogen) atoms. The monoisotopic (exact) mass is 814 g/mol. The molecular formula is C47H55Cl3Zr-2. The van der Waals surface area contributed by atoms with E-state index < -0.39 is 0 Å². The van der Waals surface area contributed by atoms with Crippen LogP contribution in [0.1, 0.15) is 134 Å². The Bertz CT molecular complexity index is 1760. The summed E-state index contributed by atoms with van der Waals surface area (Å²) in [7, 11) is 0. The predicted octanol–water partition coefficient (Wildman–Crippen LogP) is 7.02. The SMILES string of the molecule is CC(C)(C)c1[c-]c2c(cc1C(C)(C)C)-c1cc(C(C)(C)C)c(C(C)(C)C)cc1C2.Clc1cccc([C](=[Zr+2])c2ccccc2)c1.[C-]1=CC=CC1.[Cl-].[Cl-]. The molecule has 0 unspecified atom stereocenters. The Balaban J connectivity index is 0.000000340. The predicted molar refractivity (Wildman–Crippen MR) is 211 cm³/mol. The first-order valence-corrected chi connectivity index (χ1v) is 19.2. The second kappa shape index (κ2) is 17.9. The summed E-state index contributed by atoms with van der Waals surface area (Å²) in [4.78, 5) is 0. The zero-order valence-corrected chi connectivity index (χ0v) is 37.4. The van der Waals surface area contributed by atoms with Crippen LogP contribution in [0.25, 0.3) is 11.1 Å². The molecule has 0 bridgehead atoms. The molecule has 270 valence electrons. The maximum absolute atomic E-state index is 5.97. The molecular weight excluding hydrogens is 762 g/mol. The smallest absolute Gasteiger partial charge is 0.109 e. The van der Waals surface area contributed by atoms with Crippen molar-refractivity contribution < 1.29 is 49.0 Å². The van der Waals surface area contributed by atoms with Gasteiger partial charge in [-0.25, -0.2) is 12.2 Å². The number of benzene rings is 4. The molecule has 6 rings (SSSR count). The summed E-state index contributed by atoms with van der Waals surface area (Å²) >= 11 is 7.38. The van der Waals surface area contributed by atoms with Crippen LogP contribution in [0, 0.1) is 12.1 Å². The van der Waals surface area contributed by atoms with E-state index in [2.05, 4.69) is 150 Å². The molecule has 0 saturated heterocycles. The average Bonchev–Trinajstić information content (AvgIpc) is 3.70. The maximum atomic E-state index is 5.97. The molecule has 0 amide bonds. The van der Waals surface area contributed by atoms with Crippen molar-refractivity contribution in [1.82, 2.24) is 0 Å². The molecule has 0 nitrogen and oxygen atoms in total. The second-order valence-electron chi connectivity index (χ2n) is 17.4. The van der Waals surface area contributed by atoms with E-state index in [0.29, 0.717) is 0 Å². The maximum Gasteiger partial charge on any atom is -0.109 e. The van der Waals surface area contributed by atoms with E-state index in [1.54, 1.807) is 0 Å². The molecule has 0 aliphatic heterocycles. The van der Waals surface area contributed by atoms with E-state index in [-0.39, 0.29) is 46.5 Å². The minimum Gasteiger partial charge on any atom is -1.00 e. The fourth-order valence-electron chi connectivity index (χ4n) is 6.38. The summed E-state index contributed by atoms with van der Waals surface area (Å²) in [5.41, 5.74) is 14.4. The zero-order valence-electron chi connectivity index (χ0n) is 32.7. The normalized spacial score (nSPS) is 13.1. The van der Waals surface area contributed by atoms with Crippen LogP contribution in [-0.4, -0.2) is 3.21 Å². The van der Waals surface area contributed by atoms with Gasteiger partial charge >= 0.3 is 110 Å². The third kappa shape index (κ3) is 11.7. The van der Waals surface area contributed by atoms with E-state index >= 15 is 0 Å². The van der Waals surface area contributed by atoms with Crippen molar-refractivity contribution in [3.8, 4) is 11.1 Å². The summed E-state index contributed by atoms with van der Waals surface area (Å²) in [6.07, 6.45) is 11.0. The Labute approximate surface area is 342 Å². The Morgan fingerprint density at radius 3 is 1.65 bits per heavy atom. The van der Waals surface area contributed by atoms with Gasteiger partial charge in [-0.05, 0) is 39.4 Å². The van der Waals surface area contributed by atoms with E-state index in [1.807, 2.05) is 36.4 Å². The minimum absolute atomic E-state index is 0. The molecule has 2 aliphatic rings. The van der Waals surface area contributed by atoms with Crippen LogP contribution in [0.4, 0.5) is 0 Å². The first-order chi connectivity index (χ1) is 22.7. The van der Waals surface area contributed by atoms with Crippen LogP contribution >= 0.6 is 11.6 Å². The van der Waals surface area contributed by atoms with Crippen molar-refractivity contribution >= 4 is 14.8 Å². The van der Waals surface area contributed by atoms with Gasteiger partial charge in [0.2, 0.25) is 0 Å². The minimum atomic E-state index is 0. The number of fused-ring (bicyclic) bond motifs is 3. The Kier molecular flexibility index (Phi) is 15.8. The van der Waals surface area contributed by atoms with Crippen molar-refractivity contribution in [2.75, 3.05) is 0 Å². The van der Waals surface area contributed by atoms with E-state index in [0.717, 1.165) is 17.9 Å². The Morgan fingerprint density at radius 2 is 1.18 bits per heavy atom. The van der Waals surface area contributed by atoms with Gasteiger partial charge < -0.3 is 24.8 Å². The fourth-order valence-corrected chi connectivity index (χ4v) is 7.36. The van der Waals surface area contributed by atoms with Crippen LogP contribution in [0.3, 0.4) is 0 Å². The molecule has 4 aromatic carbocycles. The van der Waals surface area contributed by atoms with Gasteiger partial charge in [-0.1, -0.05) is 106 Å². The molecule has 0 heterocycles. The largest absolute Gasteiger partial charge is 1.00 e. The molecule has 0 radical (unpaired) electrons. The van der Waals surface area contributed by atoms with Crippen molar-refractivity contribution in [3.05, 3.63) is 153 Å².